The largest absolute Gasteiger partial charge is 0.419 e. The highest BCUT2D eigenvalue weighted by Crippen LogP contribution is 2.32. The summed E-state index contributed by atoms with van der Waals surface area (Å²) in [6.45, 7) is 7.55. The third kappa shape index (κ3) is 5.89. The van der Waals surface area contributed by atoms with E-state index in [1.54, 1.807) is 13.2 Å². The highest BCUT2D eigenvalue weighted by molar-refractivity contribution is 7.91. The lowest BCUT2D eigenvalue weighted by Gasteiger charge is -2.27. The number of para-hydroxylation sites is 1. The molecule has 176 valence electrons. The van der Waals surface area contributed by atoms with E-state index in [0.29, 0.717) is 30.9 Å². The van der Waals surface area contributed by atoms with Crippen molar-refractivity contribution in [1.29, 1.82) is 0 Å². The average molecular weight is 470 g/mol. The zero-order chi connectivity index (χ0) is 24.0. The highest BCUT2D eigenvalue weighted by atomic mass is 32.2. The van der Waals surface area contributed by atoms with E-state index >= 15 is 0 Å². The van der Waals surface area contributed by atoms with Crippen molar-refractivity contribution >= 4 is 32.5 Å². The molecule has 0 N–H and O–H groups in total. The molecule has 2 aromatic carbocycles. The molecule has 0 aliphatic carbocycles. The third-order valence-electron chi connectivity index (χ3n) is 5.56. The van der Waals surface area contributed by atoms with Gasteiger partial charge in [-0.15, -0.1) is 0 Å². The second-order valence-electron chi connectivity index (χ2n) is 7.77. The molecule has 1 saturated heterocycles. The lowest BCUT2D eigenvalue weighted by molar-refractivity contribution is 0.209. The summed E-state index contributed by atoms with van der Waals surface area (Å²) < 4.78 is 29.2. The molecular formula is C25H31N3O4S. The first-order valence-corrected chi connectivity index (χ1v) is 13.0. The fourth-order valence-electron chi connectivity index (χ4n) is 3.76. The lowest BCUT2D eigenvalue weighted by Crippen LogP contribution is -2.39. The average Bonchev–Trinajstić information content (AvgIpc) is 2.84. The number of benzene rings is 2. The summed E-state index contributed by atoms with van der Waals surface area (Å²) in [6, 6.07) is 15.1. The van der Waals surface area contributed by atoms with E-state index in [4.69, 9.17) is 4.74 Å². The van der Waals surface area contributed by atoms with Crippen LogP contribution in [0.15, 0.2) is 54.7 Å². The summed E-state index contributed by atoms with van der Waals surface area (Å²) in [5, 5.41) is 0.895. The van der Waals surface area contributed by atoms with Crippen LogP contribution >= 0.6 is 0 Å². The number of sulfone groups is 1. The van der Waals surface area contributed by atoms with Gasteiger partial charge in [-0.25, -0.2) is 13.2 Å². The number of fused-ring (bicyclic) bond motifs is 1. The number of nitrogens with zero attached hydrogens (tertiary/aromatic N) is 3. The summed E-state index contributed by atoms with van der Waals surface area (Å²) in [7, 11) is -1.26. The van der Waals surface area contributed by atoms with Crippen LogP contribution in [0, 0.1) is 6.92 Å². The van der Waals surface area contributed by atoms with E-state index in [9.17, 15) is 13.2 Å². The van der Waals surface area contributed by atoms with Crippen LogP contribution < -0.4 is 9.64 Å². The molecule has 1 fully saturated rings. The first kappa shape index (κ1) is 24.7. The van der Waals surface area contributed by atoms with Gasteiger partial charge < -0.3 is 4.74 Å². The highest BCUT2D eigenvalue weighted by Gasteiger charge is 2.23. The molecule has 3 aromatic rings. The Morgan fingerprint density at radius 2 is 1.76 bits per heavy atom. The van der Waals surface area contributed by atoms with Crippen LogP contribution in [0.1, 0.15) is 25.0 Å². The topological polar surface area (TPSA) is 79.8 Å². The lowest BCUT2D eigenvalue weighted by atomic mass is 10.0. The smallest absolute Gasteiger partial charge is 0.407 e. The molecule has 0 spiro atoms. The number of amides is 1. The van der Waals surface area contributed by atoms with E-state index in [2.05, 4.69) is 9.88 Å². The molecule has 0 saturated carbocycles. The molecule has 8 heteroatoms. The Morgan fingerprint density at radius 3 is 2.42 bits per heavy atom. The van der Waals surface area contributed by atoms with Gasteiger partial charge in [-0.1, -0.05) is 44.2 Å². The van der Waals surface area contributed by atoms with Crippen LogP contribution in [-0.4, -0.2) is 56.0 Å². The molecule has 7 nitrogen and oxygen atoms in total. The van der Waals surface area contributed by atoms with Gasteiger partial charge in [-0.2, -0.15) is 0 Å². The van der Waals surface area contributed by atoms with Crippen molar-refractivity contribution in [2.45, 2.75) is 27.3 Å². The number of aromatic nitrogens is 1. The van der Waals surface area contributed by atoms with Crippen molar-refractivity contribution < 1.29 is 17.9 Å². The molecule has 0 atom stereocenters. The quantitative estimate of drug-likeness (QED) is 0.562. The normalized spacial score (nSPS) is 15.4. The molecule has 0 radical (unpaired) electrons. The fraction of sp³-hybridized carbons (Fsp3) is 0.360. The van der Waals surface area contributed by atoms with Crippen LogP contribution in [0.5, 0.6) is 5.75 Å². The van der Waals surface area contributed by atoms with E-state index in [1.807, 2.05) is 69.3 Å². The van der Waals surface area contributed by atoms with Crippen molar-refractivity contribution in [2.75, 3.05) is 36.5 Å². The Hall–Kier alpha value is -2.97. The van der Waals surface area contributed by atoms with E-state index in [1.165, 1.54) is 4.90 Å². The predicted octanol–water partition coefficient (Wildman–Crippen LogP) is 4.44. The summed E-state index contributed by atoms with van der Waals surface area (Å²) in [5.41, 5.74) is 3.20. The molecule has 2 heterocycles. The van der Waals surface area contributed by atoms with Crippen molar-refractivity contribution in [1.82, 2.24) is 9.88 Å². The molecule has 33 heavy (non-hydrogen) atoms. The Bertz CT molecular complexity index is 1200. The molecule has 1 aromatic heterocycles. The molecule has 1 aliphatic rings. The van der Waals surface area contributed by atoms with E-state index in [0.717, 1.165) is 22.2 Å². The van der Waals surface area contributed by atoms with Crippen LogP contribution in [0.2, 0.25) is 0 Å². The first-order valence-electron chi connectivity index (χ1n) is 11.1. The second kappa shape index (κ2) is 10.8. The van der Waals surface area contributed by atoms with Gasteiger partial charge in [-0.3, -0.25) is 14.8 Å². The second-order valence-corrected chi connectivity index (χ2v) is 10.1. The number of aryl methyl sites for hydroxylation is 1. The van der Waals surface area contributed by atoms with Gasteiger partial charge >= 0.3 is 6.09 Å². The number of carbonyl (C=O) groups excluding carboxylic acids is 1. The first-order chi connectivity index (χ1) is 15.8. The molecular weight excluding hydrogens is 438 g/mol. The molecule has 0 bridgehead atoms. The van der Waals surface area contributed by atoms with Crippen molar-refractivity contribution in [3.8, 4) is 5.75 Å². The monoisotopic (exact) mass is 469 g/mol. The molecule has 1 aliphatic heterocycles. The zero-order valence-electron chi connectivity index (χ0n) is 19.6. The van der Waals surface area contributed by atoms with Crippen molar-refractivity contribution in [2.24, 2.45) is 0 Å². The Labute approximate surface area is 195 Å². The Balaban J connectivity index is 0.00000149. The van der Waals surface area contributed by atoms with Gasteiger partial charge in [0, 0.05) is 44.0 Å². The summed E-state index contributed by atoms with van der Waals surface area (Å²) >= 11 is 0. The van der Waals surface area contributed by atoms with Gasteiger partial charge in [0.25, 0.3) is 0 Å². The number of carbonyl (C=O) groups is 1. The van der Waals surface area contributed by atoms with Crippen LogP contribution in [0.25, 0.3) is 10.9 Å². The van der Waals surface area contributed by atoms with Crippen LogP contribution in [-0.2, 0) is 16.4 Å². The number of ether oxygens (including phenoxy) is 1. The Morgan fingerprint density at radius 1 is 1.09 bits per heavy atom. The van der Waals surface area contributed by atoms with E-state index < -0.39 is 15.9 Å². The number of pyridine rings is 1. The molecule has 1 amide bonds. The number of anilines is 1. The summed E-state index contributed by atoms with van der Waals surface area (Å²) in [4.78, 5) is 20.9. The number of hydrogen-bond acceptors (Lipinski definition) is 6. The van der Waals surface area contributed by atoms with Crippen molar-refractivity contribution in [3.63, 3.8) is 0 Å². The SMILES string of the molecule is CC.Cc1cc(CN2CCS(=O)(=O)CC2)c2cccnc2c1OC(=O)N(C)c1ccccc1. The Kier molecular flexibility index (Phi) is 8.05. The van der Waals surface area contributed by atoms with Gasteiger partial charge in [0.05, 0.1) is 11.5 Å². The van der Waals surface area contributed by atoms with Gasteiger partial charge in [0.15, 0.2) is 15.6 Å². The van der Waals surface area contributed by atoms with Crippen LogP contribution in [0.4, 0.5) is 10.5 Å². The number of hydrogen-bond donors (Lipinski definition) is 0. The fourth-order valence-corrected chi connectivity index (χ4v) is 5.04. The molecule has 4 rings (SSSR count). The maximum absolute atomic E-state index is 12.8. The third-order valence-corrected chi connectivity index (χ3v) is 7.16. The van der Waals surface area contributed by atoms with Gasteiger partial charge in [0.1, 0.15) is 5.52 Å². The van der Waals surface area contributed by atoms with Crippen molar-refractivity contribution in [3.05, 3.63) is 65.9 Å². The minimum Gasteiger partial charge on any atom is -0.407 e. The zero-order valence-corrected chi connectivity index (χ0v) is 20.4. The summed E-state index contributed by atoms with van der Waals surface area (Å²) in [5.74, 6) is 0.807. The maximum atomic E-state index is 12.8. The minimum atomic E-state index is -2.93. The molecule has 0 unspecified atom stereocenters. The maximum Gasteiger partial charge on any atom is 0.419 e. The van der Waals surface area contributed by atoms with Crippen LogP contribution in [0.3, 0.4) is 0 Å². The minimum absolute atomic E-state index is 0.184. The number of rotatable bonds is 4. The van der Waals surface area contributed by atoms with Gasteiger partial charge in [-0.05, 0) is 36.2 Å². The van der Waals surface area contributed by atoms with E-state index in [-0.39, 0.29) is 11.5 Å². The summed E-state index contributed by atoms with van der Waals surface area (Å²) in [6.07, 6.45) is 1.19. The predicted molar refractivity (Wildman–Crippen MR) is 133 cm³/mol. The van der Waals surface area contributed by atoms with Gasteiger partial charge in [0.2, 0.25) is 0 Å². The standard InChI is InChI=1S/C23H25N3O4S.C2H6/c1-17-15-18(16-26-11-13-31(28,29)14-12-26)20-9-6-10-24-21(20)22(17)30-23(27)25(2)19-7-4-3-5-8-19;1-2/h3-10,15H,11-14,16H2,1-2H3;1-2H3.